The molecule has 1 N–H and O–H groups in total. The van der Waals surface area contributed by atoms with Gasteiger partial charge in [-0.1, -0.05) is 72.3 Å². The Labute approximate surface area is 174 Å². The molecule has 3 aromatic rings. The van der Waals surface area contributed by atoms with E-state index in [1.807, 2.05) is 30.3 Å². The summed E-state index contributed by atoms with van der Waals surface area (Å²) in [6.45, 7) is 6.86. The molecule has 0 bridgehead atoms. The minimum atomic E-state index is 0.0795. The van der Waals surface area contributed by atoms with Gasteiger partial charge in [0.2, 0.25) is 5.91 Å². The predicted molar refractivity (Wildman–Crippen MR) is 122 cm³/mol. The van der Waals surface area contributed by atoms with Crippen LogP contribution in [0.3, 0.4) is 0 Å². The summed E-state index contributed by atoms with van der Waals surface area (Å²) in [5.74, 6) is 0.0795. The van der Waals surface area contributed by atoms with E-state index in [1.165, 1.54) is 22.4 Å². The predicted octanol–water partition coefficient (Wildman–Crippen LogP) is 5.24. The van der Waals surface area contributed by atoms with E-state index in [-0.39, 0.29) is 5.91 Å². The molecule has 0 aliphatic heterocycles. The van der Waals surface area contributed by atoms with Crippen molar-refractivity contribution in [2.45, 2.75) is 26.7 Å². The first-order valence-electron chi connectivity index (χ1n) is 10.4. The number of hydrogen-bond donors (Lipinski definition) is 1. The topological polar surface area (TPSA) is 32.3 Å². The Morgan fingerprint density at radius 3 is 2.17 bits per heavy atom. The average molecular weight is 387 g/mol. The standard InChI is InChI=1S/C26H30N2O/c1-3-28(25-16-10-21(2)11-17-25)19-7-18-27-26(29)20-22-12-14-24(15-13-22)23-8-5-4-6-9-23/h4-6,8-17H,3,7,18-20H2,1-2H3,(H,27,29). The molecule has 150 valence electrons. The smallest absolute Gasteiger partial charge is 0.224 e. The number of anilines is 1. The molecule has 3 heteroatoms. The van der Waals surface area contributed by atoms with Crippen LogP contribution in [0.25, 0.3) is 11.1 Å². The van der Waals surface area contributed by atoms with Crippen LogP contribution in [0.5, 0.6) is 0 Å². The lowest BCUT2D eigenvalue weighted by molar-refractivity contribution is -0.120. The normalized spacial score (nSPS) is 10.6. The molecule has 0 aromatic heterocycles. The van der Waals surface area contributed by atoms with Crippen LogP contribution >= 0.6 is 0 Å². The largest absolute Gasteiger partial charge is 0.372 e. The number of nitrogens with zero attached hydrogens (tertiary/aromatic N) is 1. The summed E-state index contributed by atoms with van der Waals surface area (Å²) < 4.78 is 0. The summed E-state index contributed by atoms with van der Waals surface area (Å²) in [4.78, 5) is 14.6. The number of hydrogen-bond acceptors (Lipinski definition) is 2. The van der Waals surface area contributed by atoms with E-state index in [9.17, 15) is 4.79 Å². The quantitative estimate of drug-likeness (QED) is 0.510. The van der Waals surface area contributed by atoms with Crippen molar-refractivity contribution < 1.29 is 4.79 Å². The second-order valence-corrected chi connectivity index (χ2v) is 7.36. The van der Waals surface area contributed by atoms with Crippen LogP contribution < -0.4 is 10.2 Å². The SMILES string of the molecule is CCN(CCCNC(=O)Cc1ccc(-c2ccccc2)cc1)c1ccc(C)cc1. The number of nitrogens with one attached hydrogen (secondary N) is 1. The first kappa shape index (κ1) is 20.7. The second-order valence-electron chi connectivity index (χ2n) is 7.36. The van der Waals surface area contributed by atoms with Crippen LogP contribution in [-0.4, -0.2) is 25.5 Å². The Kier molecular flexibility index (Phi) is 7.46. The molecular formula is C26H30N2O. The second kappa shape index (κ2) is 10.5. The Hall–Kier alpha value is -3.07. The molecular weight excluding hydrogens is 356 g/mol. The number of carbonyl (C=O) groups excluding carboxylic acids is 1. The third-order valence-corrected chi connectivity index (χ3v) is 5.13. The van der Waals surface area contributed by atoms with Crippen molar-refractivity contribution in [1.82, 2.24) is 5.32 Å². The highest BCUT2D eigenvalue weighted by Gasteiger charge is 2.06. The molecule has 3 nitrogen and oxygen atoms in total. The molecule has 0 aliphatic rings. The molecule has 29 heavy (non-hydrogen) atoms. The fourth-order valence-electron chi connectivity index (χ4n) is 3.42. The molecule has 0 atom stereocenters. The Morgan fingerprint density at radius 2 is 1.52 bits per heavy atom. The monoisotopic (exact) mass is 386 g/mol. The Balaban J connectivity index is 1.42. The lowest BCUT2D eigenvalue weighted by atomic mass is 10.0. The molecule has 0 radical (unpaired) electrons. The molecule has 0 fully saturated rings. The minimum Gasteiger partial charge on any atom is -0.372 e. The zero-order valence-corrected chi connectivity index (χ0v) is 17.4. The van der Waals surface area contributed by atoms with E-state index in [1.54, 1.807) is 0 Å². The zero-order valence-electron chi connectivity index (χ0n) is 17.4. The number of aryl methyl sites for hydroxylation is 1. The van der Waals surface area contributed by atoms with E-state index in [2.05, 4.69) is 72.6 Å². The summed E-state index contributed by atoms with van der Waals surface area (Å²) in [7, 11) is 0. The fourth-order valence-corrected chi connectivity index (χ4v) is 3.42. The van der Waals surface area contributed by atoms with Gasteiger partial charge in [-0.3, -0.25) is 4.79 Å². The highest BCUT2D eigenvalue weighted by Crippen LogP contribution is 2.19. The van der Waals surface area contributed by atoms with Crippen LogP contribution in [0.2, 0.25) is 0 Å². The van der Waals surface area contributed by atoms with Crippen LogP contribution in [0.1, 0.15) is 24.5 Å². The maximum atomic E-state index is 12.3. The number of carbonyl (C=O) groups is 1. The first-order chi connectivity index (χ1) is 14.2. The van der Waals surface area contributed by atoms with Crippen molar-refractivity contribution in [2.24, 2.45) is 0 Å². The third kappa shape index (κ3) is 6.21. The maximum Gasteiger partial charge on any atom is 0.224 e. The van der Waals surface area contributed by atoms with Gasteiger partial charge in [-0.2, -0.15) is 0 Å². The number of rotatable bonds is 9. The molecule has 1 amide bonds. The summed E-state index contributed by atoms with van der Waals surface area (Å²) >= 11 is 0. The summed E-state index contributed by atoms with van der Waals surface area (Å²) in [5.41, 5.74) is 5.91. The van der Waals surface area contributed by atoms with E-state index >= 15 is 0 Å². The molecule has 0 spiro atoms. The molecule has 0 saturated carbocycles. The van der Waals surface area contributed by atoms with Gasteiger partial charge in [0.15, 0.2) is 0 Å². The Bertz CT molecular complexity index is 886. The van der Waals surface area contributed by atoms with Gasteiger partial charge in [0, 0.05) is 25.3 Å². The average Bonchev–Trinajstić information content (AvgIpc) is 2.76. The summed E-state index contributed by atoms with van der Waals surface area (Å²) in [5, 5.41) is 3.05. The molecule has 0 saturated heterocycles. The van der Waals surface area contributed by atoms with Crippen LogP contribution in [0.4, 0.5) is 5.69 Å². The molecule has 3 rings (SSSR count). The molecule has 0 unspecified atom stereocenters. The van der Waals surface area contributed by atoms with E-state index in [4.69, 9.17) is 0 Å². The molecule has 0 aliphatic carbocycles. The highest BCUT2D eigenvalue weighted by atomic mass is 16.1. The van der Waals surface area contributed by atoms with Gasteiger partial charge in [0.05, 0.1) is 6.42 Å². The van der Waals surface area contributed by atoms with Crippen molar-refractivity contribution in [2.75, 3.05) is 24.5 Å². The van der Waals surface area contributed by atoms with Gasteiger partial charge < -0.3 is 10.2 Å². The Morgan fingerprint density at radius 1 is 0.862 bits per heavy atom. The summed E-state index contributed by atoms with van der Waals surface area (Å²) in [6, 6.07) is 27.1. The van der Waals surface area contributed by atoms with Crippen molar-refractivity contribution in [3.8, 4) is 11.1 Å². The highest BCUT2D eigenvalue weighted by molar-refractivity contribution is 5.78. The number of benzene rings is 3. The van der Waals surface area contributed by atoms with Crippen molar-refractivity contribution in [1.29, 1.82) is 0 Å². The van der Waals surface area contributed by atoms with Gasteiger partial charge in [0.1, 0.15) is 0 Å². The van der Waals surface area contributed by atoms with Gasteiger partial charge >= 0.3 is 0 Å². The van der Waals surface area contributed by atoms with Crippen LogP contribution in [-0.2, 0) is 11.2 Å². The third-order valence-electron chi connectivity index (χ3n) is 5.13. The lowest BCUT2D eigenvalue weighted by Crippen LogP contribution is -2.30. The zero-order chi connectivity index (χ0) is 20.5. The van der Waals surface area contributed by atoms with Crippen molar-refractivity contribution in [3.05, 3.63) is 90.0 Å². The van der Waals surface area contributed by atoms with Crippen molar-refractivity contribution in [3.63, 3.8) is 0 Å². The van der Waals surface area contributed by atoms with Gasteiger partial charge in [-0.15, -0.1) is 0 Å². The van der Waals surface area contributed by atoms with Crippen molar-refractivity contribution >= 4 is 11.6 Å². The summed E-state index contributed by atoms with van der Waals surface area (Å²) in [6.07, 6.45) is 1.35. The molecule has 3 aromatic carbocycles. The van der Waals surface area contributed by atoms with Crippen LogP contribution in [0.15, 0.2) is 78.9 Å². The van der Waals surface area contributed by atoms with E-state index in [0.29, 0.717) is 13.0 Å². The molecule has 0 heterocycles. The number of amides is 1. The van der Waals surface area contributed by atoms with E-state index in [0.717, 1.165) is 25.1 Å². The maximum absolute atomic E-state index is 12.3. The minimum absolute atomic E-state index is 0.0795. The van der Waals surface area contributed by atoms with Gasteiger partial charge in [0.25, 0.3) is 0 Å². The van der Waals surface area contributed by atoms with Gasteiger partial charge in [-0.05, 0) is 49.1 Å². The first-order valence-corrected chi connectivity index (χ1v) is 10.4. The fraction of sp³-hybridized carbons (Fsp3) is 0.269. The van der Waals surface area contributed by atoms with Gasteiger partial charge in [-0.25, -0.2) is 0 Å². The van der Waals surface area contributed by atoms with Crippen LogP contribution in [0, 0.1) is 6.92 Å². The lowest BCUT2D eigenvalue weighted by Gasteiger charge is -2.23. The van der Waals surface area contributed by atoms with E-state index < -0.39 is 0 Å².